The first-order valence-electron chi connectivity index (χ1n) is 17.1. The van der Waals surface area contributed by atoms with Gasteiger partial charge in [-0.2, -0.15) is 0 Å². The Morgan fingerprint density at radius 1 is 0.935 bits per heavy atom. The van der Waals surface area contributed by atoms with Crippen molar-refractivity contribution in [2.24, 2.45) is 17.8 Å². The summed E-state index contributed by atoms with van der Waals surface area (Å²) in [5, 5.41) is 2.83. The summed E-state index contributed by atoms with van der Waals surface area (Å²) in [5.74, 6) is 1.25. The van der Waals surface area contributed by atoms with Crippen LogP contribution in [-0.2, 0) is 18.3 Å². The van der Waals surface area contributed by atoms with Crippen LogP contribution in [0.1, 0.15) is 82.7 Å². The minimum absolute atomic E-state index is 0.00129. The third kappa shape index (κ3) is 6.70. The third-order valence-corrected chi connectivity index (χ3v) is 10.4. The van der Waals surface area contributed by atoms with Crippen LogP contribution >= 0.6 is 0 Å². The zero-order valence-electron chi connectivity index (χ0n) is 29.5. The maximum atomic E-state index is 4.58. The molecule has 0 bridgehead atoms. The second-order valence-electron chi connectivity index (χ2n) is 14.5. The predicted molar refractivity (Wildman–Crippen MR) is 203 cm³/mol. The van der Waals surface area contributed by atoms with Crippen molar-refractivity contribution in [2.75, 3.05) is 4.90 Å². The van der Waals surface area contributed by atoms with E-state index >= 15 is 0 Å². The van der Waals surface area contributed by atoms with Crippen LogP contribution in [0.2, 0.25) is 0 Å². The smallest absolute Gasteiger partial charge is 0.0458 e. The Morgan fingerprint density at radius 2 is 1.61 bits per heavy atom. The van der Waals surface area contributed by atoms with E-state index in [1.807, 2.05) is 0 Å². The summed E-state index contributed by atoms with van der Waals surface area (Å²) in [6.07, 6.45) is 21.4. The van der Waals surface area contributed by atoms with Gasteiger partial charge in [-0.3, -0.25) is 0 Å². The van der Waals surface area contributed by atoms with Gasteiger partial charge in [0.15, 0.2) is 0 Å². The molecule has 3 atom stereocenters. The molecule has 3 unspecified atom stereocenters. The largest absolute Gasteiger partial charge is 0.315 e. The van der Waals surface area contributed by atoms with E-state index in [4.69, 9.17) is 0 Å². The van der Waals surface area contributed by atoms with Crippen molar-refractivity contribution < 1.29 is 0 Å². The van der Waals surface area contributed by atoms with Crippen LogP contribution in [0, 0.1) is 24.7 Å². The zero-order valence-corrected chi connectivity index (χ0v) is 29.5. The summed E-state index contributed by atoms with van der Waals surface area (Å²) in [6.45, 7) is 27.2. The van der Waals surface area contributed by atoms with Crippen LogP contribution in [0.15, 0.2) is 127 Å². The molecule has 238 valence electrons. The first-order valence-corrected chi connectivity index (χ1v) is 17.1. The number of benzene rings is 3. The number of nitrogens with zero attached hydrogens (tertiary/aromatic N) is 1. The predicted octanol–water partition coefficient (Wildman–Crippen LogP) is 12.4. The first kappa shape index (κ1) is 33.3. The molecule has 0 radical (unpaired) electrons. The van der Waals surface area contributed by atoms with Crippen molar-refractivity contribution >= 4 is 22.5 Å². The maximum absolute atomic E-state index is 4.58. The van der Waals surface area contributed by atoms with Crippen molar-refractivity contribution in [3.8, 4) is 0 Å². The van der Waals surface area contributed by atoms with Crippen LogP contribution in [0.5, 0.6) is 0 Å². The second kappa shape index (κ2) is 13.7. The quantitative estimate of drug-likeness (QED) is 0.191. The van der Waals surface area contributed by atoms with Gasteiger partial charge in [0, 0.05) is 23.0 Å². The molecule has 1 heteroatoms. The normalized spacial score (nSPS) is 22.1. The van der Waals surface area contributed by atoms with Gasteiger partial charge in [0.2, 0.25) is 0 Å². The van der Waals surface area contributed by atoms with Crippen LogP contribution < -0.4 is 4.90 Å². The van der Waals surface area contributed by atoms with Gasteiger partial charge in [-0.15, -0.1) is 6.58 Å². The maximum Gasteiger partial charge on any atom is 0.0458 e. The fourth-order valence-electron chi connectivity index (χ4n) is 7.38. The average molecular weight is 608 g/mol. The van der Waals surface area contributed by atoms with Crippen molar-refractivity contribution in [2.45, 2.75) is 80.1 Å². The molecule has 0 saturated carbocycles. The minimum Gasteiger partial charge on any atom is -0.315 e. The molecule has 0 heterocycles. The lowest BCUT2D eigenvalue weighted by Gasteiger charge is -2.38. The van der Waals surface area contributed by atoms with E-state index in [2.05, 4.69) is 171 Å². The van der Waals surface area contributed by atoms with Crippen LogP contribution in [0.4, 0.5) is 5.69 Å². The van der Waals surface area contributed by atoms with E-state index in [-0.39, 0.29) is 11.3 Å². The first-order chi connectivity index (χ1) is 21.9. The van der Waals surface area contributed by atoms with Crippen molar-refractivity contribution in [3.63, 3.8) is 0 Å². The number of fused-ring (bicyclic) bond motifs is 6. The topological polar surface area (TPSA) is 3.24 Å². The second-order valence-corrected chi connectivity index (χ2v) is 14.5. The van der Waals surface area contributed by atoms with Crippen molar-refractivity contribution in [3.05, 3.63) is 155 Å². The van der Waals surface area contributed by atoms with Crippen molar-refractivity contribution in [1.29, 1.82) is 0 Å². The highest BCUT2D eigenvalue weighted by molar-refractivity contribution is 5.94. The van der Waals surface area contributed by atoms with Crippen molar-refractivity contribution in [1.82, 2.24) is 0 Å². The van der Waals surface area contributed by atoms with E-state index in [0.29, 0.717) is 11.8 Å². The molecule has 0 N–H and O–H groups in total. The highest BCUT2D eigenvalue weighted by atomic mass is 15.1. The number of hydrogen-bond donors (Lipinski definition) is 0. The standard InChI is InChI=1S/C45H53N/c1-11-36-29-33(6)45(9,10)44-41(39-14-12-13-15-40(39)43-28-32(5)19-26-42(43)44)27-23-37(36)22-21-35(8)46(34(7)20-16-30(2)3)38-24-17-31(4)18-25-38/h11-26,32-33,36H,1,8,27-29H2,2-7,9-10H3/b22-21-,34-20+,37-23-. The number of allylic oxidation sites excluding steroid dienone is 10. The van der Waals surface area contributed by atoms with E-state index in [0.717, 1.165) is 36.3 Å². The van der Waals surface area contributed by atoms with E-state index < -0.39 is 0 Å². The van der Waals surface area contributed by atoms with Gasteiger partial charge in [-0.1, -0.05) is 118 Å². The molecule has 0 spiro atoms. The summed E-state index contributed by atoms with van der Waals surface area (Å²) in [6, 6.07) is 17.8. The summed E-state index contributed by atoms with van der Waals surface area (Å²) in [7, 11) is 0. The number of hydrogen-bond acceptors (Lipinski definition) is 1. The van der Waals surface area contributed by atoms with E-state index in [1.54, 1.807) is 0 Å². The summed E-state index contributed by atoms with van der Waals surface area (Å²) >= 11 is 0. The molecule has 0 aromatic heterocycles. The zero-order chi connectivity index (χ0) is 33.2. The molecule has 2 aliphatic carbocycles. The Morgan fingerprint density at radius 3 is 2.26 bits per heavy atom. The molecule has 1 nitrogen and oxygen atoms in total. The molecular formula is C45H53N. The number of aryl methyl sites for hydroxylation is 1. The highest BCUT2D eigenvalue weighted by Gasteiger charge is 2.36. The SMILES string of the molecule is C=CC1CC(C)C(C)(C)c2c3c(c4ccccc4c2C/C=C1/C=C\C(=C)N(/C(C)=C/C=C(C)C)c1ccc(C)cc1)CC(C)C=C3. The Labute approximate surface area is 279 Å². The lowest BCUT2D eigenvalue weighted by molar-refractivity contribution is 0.306. The lowest BCUT2D eigenvalue weighted by atomic mass is 9.65. The summed E-state index contributed by atoms with van der Waals surface area (Å²) in [4.78, 5) is 2.25. The monoisotopic (exact) mass is 607 g/mol. The van der Waals surface area contributed by atoms with Crippen LogP contribution in [0.25, 0.3) is 16.8 Å². The number of rotatable bonds is 7. The van der Waals surface area contributed by atoms with Gasteiger partial charge < -0.3 is 4.90 Å². The van der Waals surface area contributed by atoms with Crippen LogP contribution in [0.3, 0.4) is 0 Å². The van der Waals surface area contributed by atoms with Crippen LogP contribution in [-0.4, -0.2) is 0 Å². The molecule has 0 fully saturated rings. The molecule has 0 aliphatic heterocycles. The summed E-state index contributed by atoms with van der Waals surface area (Å²) in [5.41, 5.74) is 13.0. The molecule has 0 saturated heterocycles. The Hall–Kier alpha value is -4.10. The molecule has 3 aromatic rings. The van der Waals surface area contributed by atoms with Gasteiger partial charge in [0.1, 0.15) is 0 Å². The van der Waals surface area contributed by atoms with Gasteiger partial charge >= 0.3 is 0 Å². The van der Waals surface area contributed by atoms with Gasteiger partial charge in [-0.05, 0) is 127 Å². The fraction of sp³-hybridized carbons (Fsp3) is 0.333. The molecule has 0 amide bonds. The highest BCUT2D eigenvalue weighted by Crippen LogP contribution is 2.47. The molecule has 2 aliphatic rings. The van der Waals surface area contributed by atoms with Gasteiger partial charge in [0.25, 0.3) is 0 Å². The van der Waals surface area contributed by atoms with E-state index in [1.165, 1.54) is 49.7 Å². The average Bonchev–Trinajstić information content (AvgIpc) is 3.06. The number of anilines is 1. The molecule has 3 aromatic carbocycles. The Balaban J connectivity index is 1.62. The van der Waals surface area contributed by atoms with Gasteiger partial charge in [0.05, 0.1) is 0 Å². The molecule has 5 rings (SSSR count). The Kier molecular flexibility index (Phi) is 9.92. The third-order valence-electron chi connectivity index (χ3n) is 10.4. The lowest BCUT2D eigenvalue weighted by Crippen LogP contribution is -2.31. The van der Waals surface area contributed by atoms with E-state index in [9.17, 15) is 0 Å². The molecular weight excluding hydrogens is 555 g/mol. The summed E-state index contributed by atoms with van der Waals surface area (Å²) < 4.78 is 0. The van der Waals surface area contributed by atoms with Gasteiger partial charge in [-0.25, -0.2) is 0 Å². The minimum atomic E-state index is 0.00129. The molecule has 46 heavy (non-hydrogen) atoms. The Bertz CT molecular complexity index is 1780. The fourth-order valence-corrected chi connectivity index (χ4v) is 7.38.